The molecule has 1 atom stereocenters. The maximum atomic E-state index is 12.7. The van der Waals surface area contributed by atoms with Gasteiger partial charge in [-0.25, -0.2) is 4.98 Å². The van der Waals surface area contributed by atoms with Crippen LogP contribution in [0, 0.1) is 6.92 Å². The Morgan fingerprint density at radius 2 is 2.24 bits per heavy atom. The molecule has 0 saturated carbocycles. The fourth-order valence-corrected chi connectivity index (χ4v) is 4.96. The number of amides is 2. The van der Waals surface area contributed by atoms with E-state index in [1.807, 2.05) is 23.3 Å². The Balaban J connectivity index is 1.62. The van der Waals surface area contributed by atoms with E-state index in [0.29, 0.717) is 12.5 Å². The number of hydrogen-bond donors (Lipinski definition) is 1. The van der Waals surface area contributed by atoms with Crippen LogP contribution in [0.5, 0.6) is 0 Å². The number of nitrogens with one attached hydrogen (secondary N) is 1. The molecule has 2 aromatic rings. The molecule has 3 rings (SSSR count). The average molecular weight is 378 g/mol. The fraction of sp³-hybridized carbons (Fsp3) is 0.500. The summed E-state index contributed by atoms with van der Waals surface area (Å²) in [7, 11) is 0. The van der Waals surface area contributed by atoms with E-state index in [1.54, 1.807) is 11.3 Å². The van der Waals surface area contributed by atoms with Gasteiger partial charge in [-0.3, -0.25) is 9.59 Å². The van der Waals surface area contributed by atoms with Gasteiger partial charge in [0.2, 0.25) is 5.91 Å². The van der Waals surface area contributed by atoms with Crippen molar-refractivity contribution in [3.05, 3.63) is 38.0 Å². The fourth-order valence-electron chi connectivity index (χ4n) is 3.09. The summed E-state index contributed by atoms with van der Waals surface area (Å²) in [5, 5.41) is 7.96. The minimum Gasteiger partial charge on any atom is -0.356 e. The van der Waals surface area contributed by atoms with E-state index in [9.17, 15) is 9.59 Å². The van der Waals surface area contributed by atoms with Gasteiger partial charge in [0.05, 0.1) is 15.6 Å². The van der Waals surface area contributed by atoms with Gasteiger partial charge in [0.25, 0.3) is 5.91 Å². The summed E-state index contributed by atoms with van der Waals surface area (Å²) in [4.78, 5) is 31.3. The van der Waals surface area contributed by atoms with Gasteiger partial charge in [-0.1, -0.05) is 0 Å². The second kappa shape index (κ2) is 8.10. The first-order valence-corrected chi connectivity index (χ1v) is 10.3. The highest BCUT2D eigenvalue weighted by Crippen LogP contribution is 2.31. The highest BCUT2D eigenvalue weighted by Gasteiger charge is 2.28. The molecule has 1 N–H and O–H groups in total. The minimum absolute atomic E-state index is 0.0132. The Labute approximate surface area is 156 Å². The number of hydrogen-bond acceptors (Lipinski definition) is 5. The Kier molecular flexibility index (Phi) is 5.86. The molecule has 1 aliphatic rings. The van der Waals surface area contributed by atoms with Crippen molar-refractivity contribution >= 4 is 34.5 Å². The van der Waals surface area contributed by atoms with Gasteiger partial charge in [-0.2, -0.15) is 0 Å². The van der Waals surface area contributed by atoms with Crippen LogP contribution < -0.4 is 5.32 Å². The molecule has 0 spiro atoms. The molecule has 7 heteroatoms. The van der Waals surface area contributed by atoms with Gasteiger partial charge in [-0.15, -0.1) is 22.7 Å². The van der Waals surface area contributed by atoms with Gasteiger partial charge in [0.1, 0.15) is 0 Å². The van der Waals surface area contributed by atoms with Gasteiger partial charge in [0.15, 0.2) is 0 Å². The molecule has 1 saturated heterocycles. The molecule has 1 aliphatic heterocycles. The zero-order valence-corrected chi connectivity index (χ0v) is 16.2. The quantitative estimate of drug-likeness (QED) is 0.870. The highest BCUT2D eigenvalue weighted by molar-refractivity contribution is 7.12. The number of piperidine rings is 1. The van der Waals surface area contributed by atoms with Crippen LogP contribution in [0.4, 0.5) is 0 Å². The number of aryl methyl sites for hydroxylation is 1. The van der Waals surface area contributed by atoms with Crippen LogP contribution in [-0.2, 0) is 11.2 Å². The van der Waals surface area contributed by atoms with Crippen molar-refractivity contribution < 1.29 is 9.59 Å². The molecule has 1 unspecified atom stereocenters. The van der Waals surface area contributed by atoms with E-state index in [2.05, 4.69) is 10.7 Å². The third-order valence-corrected chi connectivity index (χ3v) is 6.50. The molecule has 25 heavy (non-hydrogen) atoms. The van der Waals surface area contributed by atoms with Crippen molar-refractivity contribution in [2.45, 2.75) is 39.0 Å². The Hall–Kier alpha value is -1.73. The average Bonchev–Trinajstić information content (AvgIpc) is 3.23. The Bertz CT molecular complexity index is 753. The summed E-state index contributed by atoms with van der Waals surface area (Å²) in [6, 6.07) is 2.00. The van der Waals surface area contributed by atoms with Gasteiger partial charge in [0, 0.05) is 44.3 Å². The standard InChI is InChI=1S/C18H23N3O2S2/c1-12-6-9-24-16(12)18(23)21-8-3-4-14(10-21)17-20-15(11-25-17)5-7-19-13(2)22/h6,9,11,14H,3-5,7-8,10H2,1-2H3,(H,19,22). The first-order valence-electron chi connectivity index (χ1n) is 8.56. The lowest BCUT2D eigenvalue weighted by molar-refractivity contribution is -0.118. The van der Waals surface area contributed by atoms with E-state index >= 15 is 0 Å². The molecule has 0 aliphatic carbocycles. The normalized spacial score (nSPS) is 17.5. The van der Waals surface area contributed by atoms with Gasteiger partial charge < -0.3 is 10.2 Å². The summed E-state index contributed by atoms with van der Waals surface area (Å²) in [5.74, 6) is 0.456. The number of carbonyl (C=O) groups excluding carboxylic acids is 2. The van der Waals surface area contributed by atoms with Crippen LogP contribution in [0.2, 0.25) is 0 Å². The molecule has 134 valence electrons. The number of carbonyl (C=O) groups is 2. The maximum absolute atomic E-state index is 12.7. The van der Waals surface area contributed by atoms with E-state index in [-0.39, 0.29) is 11.8 Å². The minimum atomic E-state index is -0.0132. The van der Waals surface area contributed by atoms with Crippen molar-refractivity contribution in [1.82, 2.24) is 15.2 Å². The smallest absolute Gasteiger partial charge is 0.264 e. The first-order chi connectivity index (χ1) is 12.0. The molecule has 0 bridgehead atoms. The monoisotopic (exact) mass is 377 g/mol. The van der Waals surface area contributed by atoms with Crippen LogP contribution in [0.3, 0.4) is 0 Å². The van der Waals surface area contributed by atoms with Crippen LogP contribution in [0.1, 0.15) is 51.6 Å². The second-order valence-corrected chi connectivity index (χ2v) is 8.24. The van der Waals surface area contributed by atoms with Crippen LogP contribution in [0.25, 0.3) is 0 Å². The number of thiazole rings is 1. The van der Waals surface area contributed by atoms with Crippen LogP contribution in [-0.4, -0.2) is 41.3 Å². The summed E-state index contributed by atoms with van der Waals surface area (Å²) in [6.07, 6.45) is 2.84. The zero-order valence-electron chi connectivity index (χ0n) is 14.6. The summed E-state index contributed by atoms with van der Waals surface area (Å²) in [5.41, 5.74) is 2.08. The number of likely N-dealkylation sites (tertiary alicyclic amines) is 1. The predicted molar refractivity (Wildman–Crippen MR) is 101 cm³/mol. The lowest BCUT2D eigenvalue weighted by Gasteiger charge is -2.31. The van der Waals surface area contributed by atoms with Crippen molar-refractivity contribution in [3.8, 4) is 0 Å². The molecule has 2 amide bonds. The molecule has 1 fully saturated rings. The largest absolute Gasteiger partial charge is 0.356 e. The van der Waals surface area contributed by atoms with E-state index in [1.165, 1.54) is 18.3 Å². The van der Waals surface area contributed by atoms with Crippen LogP contribution in [0.15, 0.2) is 16.8 Å². The molecular weight excluding hydrogens is 354 g/mol. The number of thiophene rings is 1. The molecule has 0 radical (unpaired) electrons. The number of rotatable bonds is 5. The SMILES string of the molecule is CC(=O)NCCc1csc(C2CCCN(C(=O)c3sccc3C)C2)n1. The second-order valence-electron chi connectivity index (χ2n) is 6.43. The molecule has 3 heterocycles. The summed E-state index contributed by atoms with van der Waals surface area (Å²) < 4.78 is 0. The lowest BCUT2D eigenvalue weighted by Crippen LogP contribution is -2.39. The Morgan fingerprint density at radius 1 is 1.40 bits per heavy atom. The predicted octanol–water partition coefficient (Wildman–Crippen LogP) is 3.21. The van der Waals surface area contributed by atoms with Crippen molar-refractivity contribution in [3.63, 3.8) is 0 Å². The van der Waals surface area contributed by atoms with Crippen molar-refractivity contribution in [2.75, 3.05) is 19.6 Å². The topological polar surface area (TPSA) is 62.3 Å². The van der Waals surface area contributed by atoms with Crippen molar-refractivity contribution in [1.29, 1.82) is 0 Å². The van der Waals surface area contributed by atoms with Crippen LogP contribution >= 0.6 is 22.7 Å². The first kappa shape index (κ1) is 18.1. The maximum Gasteiger partial charge on any atom is 0.264 e. The molecule has 5 nitrogen and oxygen atoms in total. The lowest BCUT2D eigenvalue weighted by atomic mass is 9.98. The summed E-state index contributed by atoms with van der Waals surface area (Å²) in [6.45, 7) is 5.70. The summed E-state index contributed by atoms with van der Waals surface area (Å²) >= 11 is 3.20. The zero-order chi connectivity index (χ0) is 17.8. The number of aromatic nitrogens is 1. The third-order valence-electron chi connectivity index (χ3n) is 4.44. The van der Waals surface area contributed by atoms with E-state index in [0.717, 1.165) is 53.5 Å². The van der Waals surface area contributed by atoms with Crippen molar-refractivity contribution in [2.24, 2.45) is 0 Å². The highest BCUT2D eigenvalue weighted by atomic mass is 32.1. The number of nitrogens with zero attached hydrogens (tertiary/aromatic N) is 2. The van der Waals surface area contributed by atoms with Gasteiger partial charge in [-0.05, 0) is 36.8 Å². The van der Waals surface area contributed by atoms with E-state index in [4.69, 9.17) is 4.98 Å². The molecule has 2 aromatic heterocycles. The Morgan fingerprint density at radius 3 is 2.96 bits per heavy atom. The molecule has 0 aromatic carbocycles. The van der Waals surface area contributed by atoms with E-state index < -0.39 is 0 Å². The third kappa shape index (κ3) is 4.46. The molecular formula is C18H23N3O2S2. The van der Waals surface area contributed by atoms with Gasteiger partial charge >= 0.3 is 0 Å².